The minimum atomic E-state index is -0.487. The number of carbonyl (C=O) groups excluding carboxylic acids is 2. The summed E-state index contributed by atoms with van der Waals surface area (Å²) < 4.78 is 5.21. The fourth-order valence-electron chi connectivity index (χ4n) is 4.08. The summed E-state index contributed by atoms with van der Waals surface area (Å²) in [5.41, 5.74) is 1.72. The lowest BCUT2D eigenvalue weighted by Crippen LogP contribution is -2.62. The van der Waals surface area contributed by atoms with Gasteiger partial charge in [-0.25, -0.2) is 0 Å². The molecule has 0 radical (unpaired) electrons. The molecule has 0 saturated carbocycles. The first-order valence-corrected chi connectivity index (χ1v) is 11.7. The van der Waals surface area contributed by atoms with Crippen LogP contribution in [-0.2, 0) is 16.1 Å². The van der Waals surface area contributed by atoms with E-state index >= 15 is 0 Å². The van der Waals surface area contributed by atoms with E-state index in [1.165, 1.54) is 11.0 Å². The third-order valence-corrected chi connectivity index (χ3v) is 6.61. The van der Waals surface area contributed by atoms with E-state index in [4.69, 9.17) is 10.1 Å². The van der Waals surface area contributed by atoms with Gasteiger partial charge in [0.2, 0.25) is 5.91 Å². The lowest BCUT2D eigenvalue weighted by Gasteiger charge is -2.43. The van der Waals surface area contributed by atoms with Crippen molar-refractivity contribution in [1.82, 2.24) is 15.5 Å². The number of benzene rings is 2. The van der Waals surface area contributed by atoms with Crippen LogP contribution < -0.4 is 10.6 Å². The Bertz CT molecular complexity index is 1110. The van der Waals surface area contributed by atoms with Crippen LogP contribution in [0.4, 0.5) is 0 Å². The Hall–Kier alpha value is -3.70. The highest BCUT2D eigenvalue weighted by atomic mass is 16.5. The molecule has 1 heterocycles. The molecule has 1 saturated heterocycles. The fourth-order valence-corrected chi connectivity index (χ4v) is 4.08. The maximum atomic E-state index is 13.2. The van der Waals surface area contributed by atoms with Gasteiger partial charge in [-0.1, -0.05) is 44.2 Å². The monoisotopic (exact) mass is 475 g/mol. The summed E-state index contributed by atoms with van der Waals surface area (Å²) in [6, 6.07) is 16.3. The number of ether oxygens (including phenoxy) is 1. The van der Waals surface area contributed by atoms with Gasteiger partial charge in [-0.05, 0) is 48.6 Å². The number of amides is 2. The molecule has 3 rings (SSSR count). The van der Waals surface area contributed by atoms with E-state index in [2.05, 4.69) is 16.7 Å². The van der Waals surface area contributed by atoms with Crippen molar-refractivity contribution in [3.63, 3.8) is 0 Å². The van der Waals surface area contributed by atoms with Crippen LogP contribution in [-0.4, -0.2) is 41.9 Å². The van der Waals surface area contributed by atoms with Crippen molar-refractivity contribution in [2.24, 2.45) is 5.92 Å². The molecule has 2 aromatic carbocycles. The van der Waals surface area contributed by atoms with E-state index in [1.807, 2.05) is 51.1 Å². The van der Waals surface area contributed by atoms with Gasteiger partial charge >= 0.3 is 0 Å². The van der Waals surface area contributed by atoms with Crippen molar-refractivity contribution in [3.8, 4) is 6.07 Å². The van der Waals surface area contributed by atoms with Crippen LogP contribution in [0.1, 0.15) is 66.7 Å². The molecule has 0 aromatic heterocycles. The first kappa shape index (κ1) is 25.9. The molecule has 0 unspecified atom stereocenters. The Morgan fingerprint density at radius 2 is 2.00 bits per heavy atom. The number of methoxy groups -OCH3 is 1. The Balaban J connectivity index is 1.82. The maximum absolute atomic E-state index is 13.2. The zero-order valence-corrected chi connectivity index (χ0v) is 20.7. The minimum absolute atomic E-state index is 0.0227. The van der Waals surface area contributed by atoms with E-state index in [1.54, 1.807) is 19.2 Å². The van der Waals surface area contributed by atoms with E-state index in [-0.39, 0.29) is 42.7 Å². The van der Waals surface area contributed by atoms with Gasteiger partial charge < -0.3 is 15.4 Å². The predicted molar refractivity (Wildman–Crippen MR) is 134 cm³/mol. The van der Waals surface area contributed by atoms with E-state index in [9.17, 15) is 14.9 Å². The number of hydrogen-bond donors (Lipinski definition) is 3. The summed E-state index contributed by atoms with van der Waals surface area (Å²) in [5.74, 6) is -0.294. The molecule has 35 heavy (non-hydrogen) atoms. The van der Waals surface area contributed by atoms with Gasteiger partial charge in [-0.2, -0.15) is 5.26 Å². The molecule has 8 nitrogen and oxygen atoms in total. The van der Waals surface area contributed by atoms with Crippen molar-refractivity contribution < 1.29 is 14.3 Å². The van der Waals surface area contributed by atoms with Gasteiger partial charge in [0.05, 0.1) is 30.6 Å². The van der Waals surface area contributed by atoms with Gasteiger partial charge in [0, 0.05) is 24.8 Å². The zero-order chi connectivity index (χ0) is 25.6. The molecule has 8 heteroatoms. The summed E-state index contributed by atoms with van der Waals surface area (Å²) in [4.78, 5) is 27.4. The van der Waals surface area contributed by atoms with Crippen molar-refractivity contribution in [1.29, 1.82) is 10.7 Å². The van der Waals surface area contributed by atoms with Crippen molar-refractivity contribution in [2.75, 3.05) is 13.7 Å². The molecule has 184 valence electrons. The Morgan fingerprint density at radius 1 is 1.29 bits per heavy atom. The molecular formula is C27H33N5O3. The predicted octanol–water partition coefficient (Wildman–Crippen LogP) is 3.74. The van der Waals surface area contributed by atoms with Crippen LogP contribution in [0.25, 0.3) is 0 Å². The number of guanidine groups is 1. The molecule has 1 aliphatic heterocycles. The number of nitrogens with one attached hydrogen (secondary N) is 3. The summed E-state index contributed by atoms with van der Waals surface area (Å²) in [5, 5.41) is 24.2. The highest BCUT2D eigenvalue weighted by molar-refractivity contribution is 5.99. The third-order valence-electron chi connectivity index (χ3n) is 6.61. The topological polar surface area (TPSA) is 118 Å². The number of rotatable bonds is 9. The van der Waals surface area contributed by atoms with Crippen LogP contribution >= 0.6 is 0 Å². The van der Waals surface area contributed by atoms with Gasteiger partial charge in [0.25, 0.3) is 5.91 Å². The van der Waals surface area contributed by atoms with Crippen LogP contribution in [0.15, 0.2) is 48.5 Å². The first-order chi connectivity index (χ1) is 16.7. The molecule has 1 aliphatic rings. The molecular weight excluding hydrogens is 442 g/mol. The molecule has 0 aliphatic carbocycles. The maximum Gasteiger partial charge on any atom is 0.251 e. The van der Waals surface area contributed by atoms with E-state index in [0.29, 0.717) is 29.7 Å². The Kier molecular flexibility index (Phi) is 8.26. The van der Waals surface area contributed by atoms with Crippen molar-refractivity contribution in [2.45, 2.75) is 51.7 Å². The largest absolute Gasteiger partial charge is 0.385 e. The summed E-state index contributed by atoms with van der Waals surface area (Å²) >= 11 is 0. The van der Waals surface area contributed by atoms with Gasteiger partial charge in [-0.3, -0.25) is 19.9 Å². The average Bonchev–Trinajstić information content (AvgIpc) is 2.84. The number of nitrogens with zero attached hydrogens (tertiary/aromatic N) is 2. The Labute approximate surface area is 206 Å². The molecule has 2 aromatic rings. The summed E-state index contributed by atoms with van der Waals surface area (Å²) in [6.45, 7) is 6.54. The zero-order valence-electron chi connectivity index (χ0n) is 20.7. The normalized spacial score (nSPS) is 18.7. The molecule has 0 spiro atoms. The van der Waals surface area contributed by atoms with Crippen LogP contribution in [0.5, 0.6) is 0 Å². The second-order valence-electron chi connectivity index (χ2n) is 9.45. The lowest BCUT2D eigenvalue weighted by molar-refractivity contribution is -0.131. The second kappa shape index (κ2) is 11.2. The molecule has 2 atom stereocenters. The molecule has 1 fully saturated rings. The number of hydrogen-bond acceptors (Lipinski definition) is 5. The fraction of sp³-hybridized carbons (Fsp3) is 0.407. The van der Waals surface area contributed by atoms with Gasteiger partial charge in [0.15, 0.2) is 5.96 Å². The van der Waals surface area contributed by atoms with Crippen LogP contribution in [0.2, 0.25) is 0 Å². The average molecular weight is 476 g/mol. The van der Waals surface area contributed by atoms with Gasteiger partial charge in [0.1, 0.15) is 0 Å². The van der Waals surface area contributed by atoms with Gasteiger partial charge in [-0.15, -0.1) is 0 Å². The smallest absolute Gasteiger partial charge is 0.251 e. The van der Waals surface area contributed by atoms with Crippen LogP contribution in [0.3, 0.4) is 0 Å². The minimum Gasteiger partial charge on any atom is -0.385 e. The number of carbonyl (C=O) groups is 2. The highest BCUT2D eigenvalue weighted by Crippen LogP contribution is 2.27. The lowest BCUT2D eigenvalue weighted by atomic mass is 9.83. The number of nitriles is 1. The van der Waals surface area contributed by atoms with E-state index < -0.39 is 5.54 Å². The second-order valence-corrected chi connectivity index (χ2v) is 9.45. The molecule has 2 amide bonds. The van der Waals surface area contributed by atoms with Crippen molar-refractivity contribution in [3.05, 3.63) is 70.8 Å². The SMILES string of the molecule is COCC[C@H](NC(=O)c1cc(C#N)cc(CN2C(=N)N[C@](C)(C(C)C)CC2=O)c1)c1ccccc1. The third kappa shape index (κ3) is 6.25. The van der Waals surface area contributed by atoms with E-state index in [0.717, 1.165) is 5.56 Å². The quantitative estimate of drug-likeness (QED) is 0.511. The standard InChI is InChI=1S/C27H33N5O3/c1-18(2)27(3)15-24(33)32(26(29)31-27)17-20-12-19(16-28)13-22(14-20)25(34)30-23(10-11-35-4)21-8-6-5-7-9-21/h5-9,12-14,18,23H,10-11,15,17H2,1-4H3,(H2,29,31)(H,30,34)/t23-,27-/m0/s1. The molecule has 3 N–H and O–H groups in total. The Morgan fingerprint density at radius 3 is 2.60 bits per heavy atom. The first-order valence-electron chi connectivity index (χ1n) is 11.7. The van der Waals surface area contributed by atoms with Crippen LogP contribution in [0, 0.1) is 22.7 Å². The summed E-state index contributed by atoms with van der Waals surface area (Å²) in [7, 11) is 1.62. The molecule has 0 bridgehead atoms. The highest BCUT2D eigenvalue weighted by Gasteiger charge is 2.40. The summed E-state index contributed by atoms with van der Waals surface area (Å²) in [6.07, 6.45) is 0.855. The van der Waals surface area contributed by atoms with Crippen molar-refractivity contribution >= 4 is 17.8 Å².